The Hall–Kier alpha value is -2.04. The van der Waals surface area contributed by atoms with E-state index in [1.54, 1.807) is 12.1 Å². The molecule has 5 heteroatoms. The normalized spacial score (nSPS) is 18.6. The van der Waals surface area contributed by atoms with Crippen LogP contribution in [0.5, 0.6) is 0 Å². The molecule has 0 spiro atoms. The molecule has 5 nitrogen and oxygen atoms in total. The van der Waals surface area contributed by atoms with E-state index in [0.717, 1.165) is 5.69 Å². The number of hydrogen-bond acceptors (Lipinski definition) is 3. The fraction of sp³-hybridized carbons (Fsp3) is 0.333. The molecule has 1 aromatic carbocycles. The molecule has 0 saturated carbocycles. The van der Waals surface area contributed by atoms with Crippen molar-refractivity contribution in [1.82, 2.24) is 10.7 Å². The molecule has 1 fully saturated rings. The SMILES string of the molecule is CN(NC(=O)C1CCC(=O)N1)c1ccccc1. The number of anilines is 1. The Labute approximate surface area is 99.8 Å². The molecule has 1 atom stereocenters. The average Bonchev–Trinajstić information content (AvgIpc) is 2.77. The highest BCUT2D eigenvalue weighted by Gasteiger charge is 2.27. The van der Waals surface area contributed by atoms with Crippen molar-refractivity contribution >= 4 is 17.5 Å². The van der Waals surface area contributed by atoms with Crippen molar-refractivity contribution in [3.05, 3.63) is 30.3 Å². The molecule has 1 heterocycles. The van der Waals surface area contributed by atoms with E-state index in [1.165, 1.54) is 0 Å². The Morgan fingerprint density at radius 2 is 2.12 bits per heavy atom. The first-order valence-corrected chi connectivity index (χ1v) is 5.55. The van der Waals surface area contributed by atoms with Gasteiger partial charge in [-0.2, -0.15) is 0 Å². The van der Waals surface area contributed by atoms with Crippen molar-refractivity contribution in [3.63, 3.8) is 0 Å². The highest BCUT2D eigenvalue weighted by molar-refractivity contribution is 5.91. The summed E-state index contributed by atoms with van der Waals surface area (Å²) in [6, 6.07) is 9.09. The Kier molecular flexibility index (Phi) is 3.27. The van der Waals surface area contributed by atoms with Crippen molar-refractivity contribution in [2.45, 2.75) is 18.9 Å². The molecule has 1 aromatic rings. The largest absolute Gasteiger partial charge is 0.344 e. The molecule has 1 unspecified atom stereocenters. The molecule has 0 aliphatic carbocycles. The van der Waals surface area contributed by atoms with Gasteiger partial charge in [-0.15, -0.1) is 0 Å². The van der Waals surface area contributed by atoms with Crippen LogP contribution >= 0.6 is 0 Å². The van der Waals surface area contributed by atoms with Gasteiger partial charge in [-0.3, -0.25) is 20.0 Å². The molecule has 1 aliphatic heterocycles. The number of hydrogen-bond donors (Lipinski definition) is 2. The number of hydrazine groups is 1. The van der Waals surface area contributed by atoms with E-state index in [0.29, 0.717) is 12.8 Å². The first-order chi connectivity index (χ1) is 8.16. The molecule has 0 aromatic heterocycles. The number of benzene rings is 1. The average molecular weight is 233 g/mol. The van der Waals surface area contributed by atoms with Gasteiger partial charge in [0.1, 0.15) is 6.04 Å². The maximum Gasteiger partial charge on any atom is 0.261 e. The minimum absolute atomic E-state index is 0.0625. The number of rotatable bonds is 3. The predicted octanol–water partition coefficient (Wildman–Crippen LogP) is 0.433. The molecular weight excluding hydrogens is 218 g/mol. The van der Waals surface area contributed by atoms with Gasteiger partial charge in [0.15, 0.2) is 0 Å². The third-order valence-electron chi connectivity index (χ3n) is 2.73. The zero-order valence-electron chi connectivity index (χ0n) is 9.64. The molecule has 2 rings (SSSR count). The van der Waals surface area contributed by atoms with Crippen LogP contribution in [0.3, 0.4) is 0 Å². The Morgan fingerprint density at radius 1 is 1.41 bits per heavy atom. The Bertz CT molecular complexity index is 419. The first kappa shape index (κ1) is 11.4. The van der Waals surface area contributed by atoms with E-state index in [2.05, 4.69) is 10.7 Å². The highest BCUT2D eigenvalue weighted by Crippen LogP contribution is 2.10. The summed E-state index contributed by atoms with van der Waals surface area (Å²) in [5, 5.41) is 4.28. The zero-order valence-corrected chi connectivity index (χ0v) is 9.64. The topological polar surface area (TPSA) is 61.4 Å². The summed E-state index contributed by atoms with van der Waals surface area (Å²) in [6.45, 7) is 0. The van der Waals surface area contributed by atoms with E-state index >= 15 is 0 Å². The second-order valence-electron chi connectivity index (χ2n) is 4.03. The van der Waals surface area contributed by atoms with Gasteiger partial charge in [0.05, 0.1) is 5.69 Å². The summed E-state index contributed by atoms with van der Waals surface area (Å²) >= 11 is 0. The summed E-state index contributed by atoms with van der Waals surface area (Å²) < 4.78 is 0. The molecule has 2 N–H and O–H groups in total. The molecule has 2 amide bonds. The smallest absolute Gasteiger partial charge is 0.261 e. The summed E-state index contributed by atoms with van der Waals surface area (Å²) in [5.41, 5.74) is 3.63. The molecular formula is C12H15N3O2. The maximum atomic E-state index is 11.8. The standard InChI is InChI=1S/C12H15N3O2/c1-15(9-5-3-2-4-6-9)14-12(17)10-7-8-11(16)13-10/h2-6,10H,7-8H2,1H3,(H,13,16)(H,14,17). The minimum atomic E-state index is -0.409. The van der Waals surface area contributed by atoms with Crippen LogP contribution in [0.25, 0.3) is 0 Å². The van der Waals surface area contributed by atoms with E-state index < -0.39 is 6.04 Å². The number of carbonyl (C=O) groups is 2. The van der Waals surface area contributed by atoms with Crippen LogP contribution in [0.1, 0.15) is 12.8 Å². The van der Waals surface area contributed by atoms with Crippen molar-refractivity contribution in [1.29, 1.82) is 0 Å². The lowest BCUT2D eigenvalue weighted by Gasteiger charge is -2.22. The molecule has 0 radical (unpaired) electrons. The minimum Gasteiger partial charge on any atom is -0.344 e. The number of nitrogens with zero attached hydrogens (tertiary/aromatic N) is 1. The molecule has 1 aliphatic rings. The van der Waals surface area contributed by atoms with Crippen LogP contribution in [-0.2, 0) is 9.59 Å². The van der Waals surface area contributed by atoms with Gasteiger partial charge in [-0.05, 0) is 18.6 Å². The van der Waals surface area contributed by atoms with Crippen molar-refractivity contribution in [2.75, 3.05) is 12.1 Å². The van der Waals surface area contributed by atoms with Gasteiger partial charge < -0.3 is 5.32 Å². The number of carbonyl (C=O) groups excluding carboxylic acids is 2. The molecule has 0 bridgehead atoms. The first-order valence-electron chi connectivity index (χ1n) is 5.55. The second-order valence-corrected chi connectivity index (χ2v) is 4.03. The van der Waals surface area contributed by atoms with Gasteiger partial charge in [-0.1, -0.05) is 18.2 Å². The number of para-hydroxylation sites is 1. The maximum absolute atomic E-state index is 11.8. The molecule has 1 saturated heterocycles. The molecule has 90 valence electrons. The third-order valence-corrected chi connectivity index (χ3v) is 2.73. The Morgan fingerprint density at radius 3 is 2.71 bits per heavy atom. The van der Waals surface area contributed by atoms with Gasteiger partial charge in [0, 0.05) is 13.5 Å². The quantitative estimate of drug-likeness (QED) is 0.744. The molecule has 17 heavy (non-hydrogen) atoms. The zero-order chi connectivity index (χ0) is 12.3. The van der Waals surface area contributed by atoms with E-state index in [-0.39, 0.29) is 11.8 Å². The fourth-order valence-electron chi connectivity index (χ4n) is 1.77. The van der Waals surface area contributed by atoms with Crippen LogP contribution < -0.4 is 15.8 Å². The second kappa shape index (κ2) is 4.86. The van der Waals surface area contributed by atoms with E-state index in [9.17, 15) is 9.59 Å². The van der Waals surface area contributed by atoms with Gasteiger partial charge >= 0.3 is 0 Å². The fourth-order valence-corrected chi connectivity index (χ4v) is 1.77. The van der Waals surface area contributed by atoms with Crippen molar-refractivity contribution < 1.29 is 9.59 Å². The highest BCUT2D eigenvalue weighted by atomic mass is 16.2. The van der Waals surface area contributed by atoms with Gasteiger partial charge in [0.2, 0.25) is 5.91 Å². The summed E-state index contributed by atoms with van der Waals surface area (Å²) in [4.78, 5) is 22.8. The lowest BCUT2D eigenvalue weighted by molar-refractivity contribution is -0.125. The van der Waals surface area contributed by atoms with Gasteiger partial charge in [0.25, 0.3) is 5.91 Å². The van der Waals surface area contributed by atoms with Crippen LogP contribution in [-0.4, -0.2) is 24.9 Å². The number of amides is 2. The summed E-state index contributed by atoms with van der Waals surface area (Å²) in [5.74, 6) is -0.241. The van der Waals surface area contributed by atoms with Gasteiger partial charge in [-0.25, -0.2) is 0 Å². The van der Waals surface area contributed by atoms with Crippen LogP contribution in [0.2, 0.25) is 0 Å². The lowest BCUT2D eigenvalue weighted by atomic mass is 10.2. The van der Waals surface area contributed by atoms with Crippen molar-refractivity contribution in [3.8, 4) is 0 Å². The van der Waals surface area contributed by atoms with E-state index in [1.807, 2.05) is 30.3 Å². The monoisotopic (exact) mass is 233 g/mol. The Balaban J connectivity index is 1.93. The van der Waals surface area contributed by atoms with Crippen LogP contribution in [0.15, 0.2) is 30.3 Å². The summed E-state index contributed by atoms with van der Waals surface area (Å²) in [7, 11) is 1.77. The van der Waals surface area contributed by atoms with E-state index in [4.69, 9.17) is 0 Å². The van der Waals surface area contributed by atoms with Crippen LogP contribution in [0.4, 0.5) is 5.69 Å². The predicted molar refractivity (Wildman–Crippen MR) is 64.2 cm³/mol. The third kappa shape index (κ3) is 2.75. The lowest BCUT2D eigenvalue weighted by Crippen LogP contribution is -2.48. The van der Waals surface area contributed by atoms with Crippen LogP contribution in [0, 0.1) is 0 Å². The summed E-state index contributed by atoms with van der Waals surface area (Å²) in [6.07, 6.45) is 0.987. The van der Waals surface area contributed by atoms with Crippen molar-refractivity contribution in [2.24, 2.45) is 0 Å². The number of nitrogens with one attached hydrogen (secondary N) is 2.